The maximum atomic E-state index is 5.47. The summed E-state index contributed by atoms with van der Waals surface area (Å²) >= 11 is -0.331. The first-order valence-corrected chi connectivity index (χ1v) is 4.82. The molecule has 11 heavy (non-hydrogen) atoms. The van der Waals surface area contributed by atoms with Gasteiger partial charge in [-0.3, -0.25) is 0 Å². The lowest BCUT2D eigenvalue weighted by atomic mass is 10.2. The van der Waals surface area contributed by atoms with Crippen LogP contribution in [0.25, 0.3) is 0 Å². The summed E-state index contributed by atoms with van der Waals surface area (Å²) in [5.41, 5.74) is -0.138. The molecule has 0 heterocycles. The summed E-state index contributed by atoms with van der Waals surface area (Å²) in [6.07, 6.45) is 0. The number of hydrogen-bond donors (Lipinski definition) is 0. The van der Waals surface area contributed by atoms with E-state index in [1.54, 1.807) is 0 Å². The lowest BCUT2D eigenvalue weighted by Gasteiger charge is -2.25. The molecule has 2 nitrogen and oxygen atoms in total. The molecule has 0 rings (SSSR count). The summed E-state index contributed by atoms with van der Waals surface area (Å²) < 4.78 is 10.9. The third-order valence-electron chi connectivity index (χ3n) is 0.803. The van der Waals surface area contributed by atoms with Gasteiger partial charge in [0.1, 0.15) is 0 Å². The average Bonchev–Trinajstić information content (AvgIpc) is 1.55. The van der Waals surface area contributed by atoms with Crippen LogP contribution in [-0.2, 0) is 7.58 Å². The minimum atomic E-state index is -0.331. The Morgan fingerprint density at radius 2 is 1.09 bits per heavy atom. The first kappa shape index (κ1) is 11.5. The summed E-state index contributed by atoms with van der Waals surface area (Å²) in [6.45, 7) is 12.2. The van der Waals surface area contributed by atoms with Crippen LogP contribution in [0.5, 0.6) is 0 Å². The largest absolute Gasteiger partial charge is 0.669 e. The van der Waals surface area contributed by atoms with Gasteiger partial charge in [-0.15, -0.1) is 0 Å². The zero-order valence-corrected chi connectivity index (χ0v) is 9.55. The van der Waals surface area contributed by atoms with Crippen LogP contribution in [0.4, 0.5) is 0 Å². The SMILES string of the molecule is CC(C)(C)[O][Al][O]C(C)(C)C.[HH]. The summed E-state index contributed by atoms with van der Waals surface area (Å²) in [6, 6.07) is 0. The van der Waals surface area contributed by atoms with Gasteiger partial charge in [-0.25, -0.2) is 0 Å². The van der Waals surface area contributed by atoms with Crippen molar-refractivity contribution < 1.29 is 9.00 Å². The number of rotatable bonds is 2. The molecule has 0 aliphatic rings. The van der Waals surface area contributed by atoms with E-state index in [2.05, 4.69) is 0 Å². The second-order valence-corrected chi connectivity index (χ2v) is 5.22. The van der Waals surface area contributed by atoms with Gasteiger partial charge in [-0.05, 0) is 41.5 Å². The van der Waals surface area contributed by atoms with E-state index >= 15 is 0 Å². The first-order chi connectivity index (χ1) is 4.71. The van der Waals surface area contributed by atoms with Gasteiger partial charge >= 0.3 is 15.9 Å². The van der Waals surface area contributed by atoms with Crippen LogP contribution in [0.1, 0.15) is 43.0 Å². The van der Waals surface area contributed by atoms with Crippen molar-refractivity contribution in [3.8, 4) is 0 Å². The maximum absolute atomic E-state index is 5.47. The molecular formula is C8H20AlO2. The number of hydrogen-bond acceptors (Lipinski definition) is 2. The van der Waals surface area contributed by atoms with E-state index in [1.165, 1.54) is 0 Å². The Kier molecular flexibility index (Phi) is 4.07. The Hall–Kier alpha value is 0.452. The molecule has 0 amide bonds. The van der Waals surface area contributed by atoms with Gasteiger partial charge in [0.25, 0.3) is 0 Å². The molecule has 0 N–H and O–H groups in total. The van der Waals surface area contributed by atoms with Gasteiger partial charge in [0.05, 0.1) is 0 Å². The van der Waals surface area contributed by atoms with Crippen LogP contribution >= 0.6 is 0 Å². The zero-order valence-electron chi connectivity index (χ0n) is 8.39. The highest BCUT2D eigenvalue weighted by atomic mass is 27.2. The molecule has 0 atom stereocenters. The summed E-state index contributed by atoms with van der Waals surface area (Å²) in [5, 5.41) is 0. The molecule has 0 unspecified atom stereocenters. The van der Waals surface area contributed by atoms with E-state index in [9.17, 15) is 0 Å². The topological polar surface area (TPSA) is 18.5 Å². The van der Waals surface area contributed by atoms with Crippen LogP contribution in [0, 0.1) is 0 Å². The van der Waals surface area contributed by atoms with E-state index in [4.69, 9.17) is 7.58 Å². The van der Waals surface area contributed by atoms with Crippen molar-refractivity contribution in [3.63, 3.8) is 0 Å². The normalized spacial score (nSPS) is 13.3. The molecule has 0 aliphatic carbocycles. The monoisotopic (exact) mass is 175 g/mol. The van der Waals surface area contributed by atoms with Crippen molar-refractivity contribution >= 4 is 15.9 Å². The standard InChI is InChI=1S/2C4H9O.Al.H2/c2*1-4(2,3)5;;/h2*1-3H3;;1H/q2*-1;+2;. The van der Waals surface area contributed by atoms with Crippen molar-refractivity contribution in [3.05, 3.63) is 0 Å². The predicted molar refractivity (Wildman–Crippen MR) is 49.5 cm³/mol. The van der Waals surface area contributed by atoms with Crippen LogP contribution in [0.2, 0.25) is 0 Å². The molecule has 0 saturated heterocycles. The van der Waals surface area contributed by atoms with Crippen LogP contribution in [0.15, 0.2) is 0 Å². The van der Waals surface area contributed by atoms with Crippen molar-refractivity contribution in [2.24, 2.45) is 0 Å². The summed E-state index contributed by atoms with van der Waals surface area (Å²) in [5.74, 6) is 0. The molecule has 0 saturated carbocycles. The smallest absolute Gasteiger partial charge is 0.479 e. The second kappa shape index (κ2) is 3.91. The zero-order chi connectivity index (χ0) is 9.12. The summed E-state index contributed by atoms with van der Waals surface area (Å²) in [4.78, 5) is 0. The Bertz CT molecular complexity index is 101. The fourth-order valence-corrected chi connectivity index (χ4v) is 0.938. The van der Waals surface area contributed by atoms with Gasteiger partial charge in [0.2, 0.25) is 0 Å². The lowest BCUT2D eigenvalue weighted by Crippen LogP contribution is -2.29. The fourth-order valence-electron chi connectivity index (χ4n) is 0.313. The highest BCUT2D eigenvalue weighted by molar-refractivity contribution is 6.18. The average molecular weight is 175 g/mol. The second-order valence-electron chi connectivity index (χ2n) is 4.56. The first-order valence-electron chi connectivity index (χ1n) is 3.88. The molecule has 0 aliphatic heterocycles. The van der Waals surface area contributed by atoms with E-state index in [0.717, 1.165) is 0 Å². The van der Waals surface area contributed by atoms with Crippen molar-refractivity contribution in [1.82, 2.24) is 0 Å². The Morgan fingerprint density at radius 3 is 1.27 bits per heavy atom. The third-order valence-corrected chi connectivity index (χ3v) is 2.41. The van der Waals surface area contributed by atoms with Crippen molar-refractivity contribution in [2.45, 2.75) is 52.7 Å². The molecule has 67 valence electrons. The van der Waals surface area contributed by atoms with Crippen LogP contribution in [0.3, 0.4) is 0 Å². The van der Waals surface area contributed by atoms with Gasteiger partial charge in [0.15, 0.2) is 0 Å². The van der Waals surface area contributed by atoms with Gasteiger partial charge in [-0.2, -0.15) is 0 Å². The molecular weight excluding hydrogens is 155 g/mol. The quantitative estimate of drug-likeness (QED) is 0.600. The molecule has 0 fully saturated rings. The molecule has 0 aromatic rings. The van der Waals surface area contributed by atoms with E-state index < -0.39 is 0 Å². The predicted octanol–water partition coefficient (Wildman–Crippen LogP) is 2.40. The molecule has 3 heteroatoms. The van der Waals surface area contributed by atoms with Crippen molar-refractivity contribution in [1.29, 1.82) is 0 Å². The van der Waals surface area contributed by atoms with E-state index in [0.29, 0.717) is 0 Å². The highest BCUT2D eigenvalue weighted by Crippen LogP contribution is 2.09. The maximum Gasteiger partial charge on any atom is 0.669 e. The van der Waals surface area contributed by atoms with Gasteiger partial charge < -0.3 is 7.58 Å². The Labute approximate surface area is 78.1 Å². The minimum Gasteiger partial charge on any atom is -0.479 e. The van der Waals surface area contributed by atoms with E-state index in [1.807, 2.05) is 41.5 Å². The molecule has 0 bridgehead atoms. The minimum absolute atomic E-state index is 0. The molecule has 1 radical (unpaired) electrons. The molecule has 0 aromatic heterocycles. The Morgan fingerprint density at radius 1 is 0.818 bits per heavy atom. The molecule has 0 aromatic carbocycles. The Balaban J connectivity index is 0. The fraction of sp³-hybridized carbons (Fsp3) is 1.00. The third kappa shape index (κ3) is 10.5. The highest BCUT2D eigenvalue weighted by Gasteiger charge is 2.17. The van der Waals surface area contributed by atoms with E-state index in [-0.39, 0.29) is 28.5 Å². The van der Waals surface area contributed by atoms with Crippen LogP contribution < -0.4 is 0 Å². The van der Waals surface area contributed by atoms with Gasteiger partial charge in [0, 0.05) is 12.6 Å². The van der Waals surface area contributed by atoms with Crippen molar-refractivity contribution in [2.75, 3.05) is 0 Å². The van der Waals surface area contributed by atoms with Crippen LogP contribution in [-0.4, -0.2) is 27.1 Å². The summed E-state index contributed by atoms with van der Waals surface area (Å²) in [7, 11) is 0. The molecule has 0 spiro atoms. The van der Waals surface area contributed by atoms with Gasteiger partial charge in [-0.1, -0.05) is 0 Å². The lowest BCUT2D eigenvalue weighted by molar-refractivity contribution is 0.0511.